The number of aryl methyl sites for hydroxylation is 1. The second-order valence-corrected chi connectivity index (χ2v) is 7.09. The van der Waals surface area contributed by atoms with Gasteiger partial charge in [-0.1, -0.05) is 0 Å². The van der Waals surface area contributed by atoms with E-state index in [0.29, 0.717) is 61.8 Å². The van der Waals surface area contributed by atoms with Gasteiger partial charge in [-0.05, 0) is 24.3 Å². The Kier molecular flexibility index (Phi) is 4.58. The van der Waals surface area contributed by atoms with E-state index < -0.39 is 0 Å². The third-order valence-electron chi connectivity index (χ3n) is 5.28. The van der Waals surface area contributed by atoms with Crippen LogP contribution < -0.4 is 14.2 Å². The number of rotatable bonds is 6. The number of nitrogens with zero attached hydrogens (tertiary/aromatic N) is 3. The van der Waals surface area contributed by atoms with E-state index in [9.17, 15) is 4.79 Å². The lowest BCUT2D eigenvalue weighted by Gasteiger charge is -2.13. The average molecular weight is 433 g/mol. The summed E-state index contributed by atoms with van der Waals surface area (Å²) in [7, 11) is 6.31. The average Bonchev–Trinajstić information content (AvgIpc) is 3.54. The molecule has 0 N–H and O–H groups in total. The standard InChI is InChI=1S/C23H19N3O6/c1-26-10-13(9-25-26)21-18(14-5-6-15-19(22(14)32-21)24-11-31-15)20(27)12-7-16(28-2)23(30-4)17(8-12)29-3/h5-11H,1-4H3. The van der Waals surface area contributed by atoms with Crippen LogP contribution in [0.2, 0.25) is 0 Å². The predicted molar refractivity (Wildman–Crippen MR) is 116 cm³/mol. The minimum atomic E-state index is -0.273. The van der Waals surface area contributed by atoms with Gasteiger partial charge in [-0.3, -0.25) is 9.48 Å². The van der Waals surface area contributed by atoms with Crippen LogP contribution in [-0.4, -0.2) is 41.9 Å². The number of benzene rings is 2. The Balaban J connectivity index is 1.79. The molecule has 9 heteroatoms. The number of ketones is 1. The van der Waals surface area contributed by atoms with Crippen molar-refractivity contribution in [3.8, 4) is 28.6 Å². The molecule has 0 saturated heterocycles. The van der Waals surface area contributed by atoms with Crippen LogP contribution in [0.25, 0.3) is 33.4 Å². The maximum atomic E-state index is 13.8. The lowest BCUT2D eigenvalue weighted by Crippen LogP contribution is -2.05. The Bertz CT molecular complexity index is 1450. The molecule has 0 fully saturated rings. The number of hydrogen-bond acceptors (Lipinski definition) is 8. The zero-order valence-corrected chi connectivity index (χ0v) is 17.8. The van der Waals surface area contributed by atoms with Crippen molar-refractivity contribution < 1.29 is 27.8 Å². The zero-order valence-electron chi connectivity index (χ0n) is 17.8. The predicted octanol–water partition coefficient (Wildman–Crippen LogP) is 4.23. The Morgan fingerprint density at radius 3 is 2.44 bits per heavy atom. The summed E-state index contributed by atoms with van der Waals surface area (Å²) in [5.74, 6) is 1.28. The van der Waals surface area contributed by atoms with Gasteiger partial charge in [-0.25, -0.2) is 4.98 Å². The van der Waals surface area contributed by atoms with Crippen molar-refractivity contribution in [1.82, 2.24) is 14.8 Å². The van der Waals surface area contributed by atoms with E-state index in [2.05, 4.69) is 10.1 Å². The molecule has 32 heavy (non-hydrogen) atoms. The zero-order chi connectivity index (χ0) is 22.4. The molecule has 0 aliphatic rings. The molecule has 0 atom stereocenters. The van der Waals surface area contributed by atoms with Crippen LogP contribution in [0, 0.1) is 0 Å². The van der Waals surface area contributed by atoms with Gasteiger partial charge in [-0.15, -0.1) is 0 Å². The molecule has 5 rings (SSSR count). The van der Waals surface area contributed by atoms with Crippen LogP contribution in [-0.2, 0) is 7.05 Å². The Labute approximate surface area is 182 Å². The number of fused-ring (bicyclic) bond motifs is 3. The number of carbonyl (C=O) groups excluding carboxylic acids is 1. The van der Waals surface area contributed by atoms with Crippen LogP contribution in [0.4, 0.5) is 0 Å². The molecule has 162 valence electrons. The fourth-order valence-electron chi connectivity index (χ4n) is 3.81. The number of furan rings is 1. The summed E-state index contributed by atoms with van der Waals surface area (Å²) in [6.07, 6.45) is 4.77. The third kappa shape index (κ3) is 2.89. The second-order valence-electron chi connectivity index (χ2n) is 7.09. The number of carbonyl (C=O) groups is 1. The van der Waals surface area contributed by atoms with Crippen LogP contribution >= 0.6 is 0 Å². The highest BCUT2D eigenvalue weighted by Crippen LogP contribution is 2.42. The van der Waals surface area contributed by atoms with Crippen molar-refractivity contribution >= 4 is 27.9 Å². The normalized spacial score (nSPS) is 11.2. The first-order valence-electron chi connectivity index (χ1n) is 9.68. The quantitative estimate of drug-likeness (QED) is 0.367. The summed E-state index contributed by atoms with van der Waals surface area (Å²) in [5.41, 5.74) is 2.97. The molecule has 0 radical (unpaired) electrons. The van der Waals surface area contributed by atoms with Gasteiger partial charge in [0.05, 0.1) is 38.7 Å². The summed E-state index contributed by atoms with van der Waals surface area (Å²) >= 11 is 0. The third-order valence-corrected chi connectivity index (χ3v) is 5.28. The van der Waals surface area contributed by atoms with E-state index in [1.807, 2.05) is 0 Å². The van der Waals surface area contributed by atoms with Gasteiger partial charge in [-0.2, -0.15) is 5.10 Å². The van der Waals surface area contributed by atoms with Gasteiger partial charge in [0, 0.05) is 24.2 Å². The van der Waals surface area contributed by atoms with Crippen LogP contribution in [0.3, 0.4) is 0 Å². The van der Waals surface area contributed by atoms with Gasteiger partial charge in [0.1, 0.15) is 5.76 Å². The molecule has 0 saturated carbocycles. The summed E-state index contributed by atoms with van der Waals surface area (Å²) in [5, 5.41) is 4.84. The highest BCUT2D eigenvalue weighted by Gasteiger charge is 2.27. The first-order chi connectivity index (χ1) is 15.5. The Morgan fingerprint density at radius 2 is 1.81 bits per heavy atom. The summed E-state index contributed by atoms with van der Waals surface area (Å²) in [6.45, 7) is 0. The number of oxazole rings is 1. The second kappa shape index (κ2) is 7.45. The molecule has 0 aliphatic carbocycles. The number of hydrogen-bond donors (Lipinski definition) is 0. The largest absolute Gasteiger partial charge is 0.493 e. The molecule has 0 bridgehead atoms. The molecular formula is C23H19N3O6. The maximum absolute atomic E-state index is 13.8. The van der Waals surface area contributed by atoms with E-state index >= 15 is 0 Å². The smallest absolute Gasteiger partial charge is 0.203 e. The minimum Gasteiger partial charge on any atom is -0.493 e. The first-order valence-corrected chi connectivity index (χ1v) is 9.68. The molecule has 3 aromatic heterocycles. The van der Waals surface area contributed by atoms with Crippen molar-refractivity contribution in [2.24, 2.45) is 7.05 Å². The SMILES string of the molecule is COc1cc(C(=O)c2c(-c3cnn(C)c3)oc3c2ccc2ocnc23)cc(OC)c1OC. The Morgan fingerprint density at radius 1 is 1.06 bits per heavy atom. The lowest BCUT2D eigenvalue weighted by atomic mass is 9.97. The molecule has 0 aliphatic heterocycles. The van der Waals surface area contributed by atoms with Crippen LogP contribution in [0.5, 0.6) is 17.2 Å². The number of ether oxygens (including phenoxy) is 3. The van der Waals surface area contributed by atoms with Crippen LogP contribution in [0.1, 0.15) is 15.9 Å². The van der Waals surface area contributed by atoms with Crippen molar-refractivity contribution in [3.05, 3.63) is 54.2 Å². The van der Waals surface area contributed by atoms with E-state index in [-0.39, 0.29) is 5.78 Å². The summed E-state index contributed by atoms with van der Waals surface area (Å²) < 4.78 is 29.5. The molecule has 5 aromatic rings. The molecule has 0 unspecified atom stereocenters. The van der Waals surface area contributed by atoms with Gasteiger partial charge in [0.15, 0.2) is 40.4 Å². The lowest BCUT2D eigenvalue weighted by molar-refractivity contribution is 0.103. The maximum Gasteiger partial charge on any atom is 0.203 e. The van der Waals surface area contributed by atoms with Gasteiger partial charge >= 0.3 is 0 Å². The monoisotopic (exact) mass is 433 g/mol. The van der Waals surface area contributed by atoms with Crippen LogP contribution in [0.15, 0.2) is 51.9 Å². The molecule has 0 spiro atoms. The molecule has 2 aromatic carbocycles. The van der Waals surface area contributed by atoms with Crippen molar-refractivity contribution in [2.45, 2.75) is 0 Å². The fraction of sp³-hybridized carbons (Fsp3) is 0.174. The van der Waals surface area contributed by atoms with Gasteiger partial charge in [0.2, 0.25) is 5.75 Å². The number of aromatic nitrogens is 3. The minimum absolute atomic E-state index is 0.273. The van der Waals surface area contributed by atoms with E-state index in [1.165, 1.54) is 27.7 Å². The van der Waals surface area contributed by atoms with Gasteiger partial charge in [0.25, 0.3) is 0 Å². The van der Waals surface area contributed by atoms with E-state index in [4.69, 9.17) is 23.0 Å². The fourth-order valence-corrected chi connectivity index (χ4v) is 3.81. The molecule has 0 amide bonds. The summed E-state index contributed by atoms with van der Waals surface area (Å²) in [4.78, 5) is 18.1. The van der Waals surface area contributed by atoms with E-state index in [1.54, 1.807) is 48.4 Å². The van der Waals surface area contributed by atoms with E-state index in [0.717, 1.165) is 0 Å². The highest BCUT2D eigenvalue weighted by atomic mass is 16.5. The van der Waals surface area contributed by atoms with Crippen molar-refractivity contribution in [1.29, 1.82) is 0 Å². The highest BCUT2D eigenvalue weighted by molar-refractivity contribution is 6.22. The molecular weight excluding hydrogens is 414 g/mol. The molecule has 3 heterocycles. The summed E-state index contributed by atoms with van der Waals surface area (Å²) in [6, 6.07) is 6.78. The topological polar surface area (TPSA) is 102 Å². The van der Waals surface area contributed by atoms with Crippen molar-refractivity contribution in [2.75, 3.05) is 21.3 Å². The molecule has 9 nitrogen and oxygen atoms in total. The van der Waals surface area contributed by atoms with Gasteiger partial charge < -0.3 is 23.0 Å². The van der Waals surface area contributed by atoms with Crippen molar-refractivity contribution in [3.63, 3.8) is 0 Å². The Hall–Kier alpha value is -4.27. The first kappa shape index (κ1) is 19.7. The number of methoxy groups -OCH3 is 3.